The van der Waals surface area contributed by atoms with Gasteiger partial charge in [0.25, 0.3) is 0 Å². The Morgan fingerprint density at radius 1 is 1.35 bits per heavy atom. The van der Waals surface area contributed by atoms with Crippen molar-refractivity contribution in [2.45, 2.75) is 45.3 Å². The Kier molecular flexibility index (Phi) is 4.19. The molecule has 2 rings (SSSR count). The summed E-state index contributed by atoms with van der Waals surface area (Å²) < 4.78 is 0. The van der Waals surface area contributed by atoms with E-state index in [-0.39, 0.29) is 6.10 Å². The topological polar surface area (TPSA) is 32.3 Å². The molecule has 1 aromatic rings. The number of benzene rings is 1. The zero-order valence-corrected chi connectivity index (χ0v) is 10.8. The van der Waals surface area contributed by atoms with E-state index in [9.17, 15) is 5.11 Å². The second-order valence-corrected chi connectivity index (χ2v) is 5.46. The van der Waals surface area contributed by atoms with E-state index >= 15 is 0 Å². The Morgan fingerprint density at radius 3 is 2.76 bits per heavy atom. The Balaban J connectivity index is 1.80. The monoisotopic (exact) mass is 233 g/mol. The molecule has 1 atom stereocenters. The van der Waals surface area contributed by atoms with Crippen molar-refractivity contribution in [2.24, 2.45) is 5.92 Å². The molecule has 0 amide bonds. The van der Waals surface area contributed by atoms with Crippen LogP contribution >= 0.6 is 0 Å². The van der Waals surface area contributed by atoms with E-state index < -0.39 is 0 Å². The Hall–Kier alpha value is -0.860. The van der Waals surface area contributed by atoms with Crippen LogP contribution in [0.3, 0.4) is 0 Å². The molecule has 1 aromatic carbocycles. The fourth-order valence-corrected chi connectivity index (χ4v) is 1.97. The lowest BCUT2D eigenvalue weighted by molar-refractivity contribution is 0.123. The first-order chi connectivity index (χ1) is 8.16. The lowest BCUT2D eigenvalue weighted by atomic mass is 10.1. The summed E-state index contributed by atoms with van der Waals surface area (Å²) in [5.41, 5.74) is 2.80. The molecule has 2 heteroatoms. The van der Waals surface area contributed by atoms with Gasteiger partial charge in [0.2, 0.25) is 0 Å². The van der Waals surface area contributed by atoms with Crippen LogP contribution in [-0.4, -0.2) is 17.8 Å². The van der Waals surface area contributed by atoms with Gasteiger partial charge in [-0.2, -0.15) is 0 Å². The zero-order chi connectivity index (χ0) is 12.3. The summed E-state index contributed by atoms with van der Waals surface area (Å²) >= 11 is 0. The molecule has 0 bridgehead atoms. The number of hydrogen-bond acceptors (Lipinski definition) is 2. The highest BCUT2D eigenvalue weighted by atomic mass is 16.3. The van der Waals surface area contributed by atoms with Crippen LogP contribution in [0.5, 0.6) is 0 Å². The number of rotatable bonds is 6. The molecule has 1 aliphatic carbocycles. The van der Waals surface area contributed by atoms with Gasteiger partial charge in [-0.3, -0.25) is 0 Å². The third-order valence-electron chi connectivity index (χ3n) is 3.45. The van der Waals surface area contributed by atoms with Crippen LogP contribution in [0.4, 0.5) is 0 Å². The molecule has 0 heterocycles. The minimum atomic E-state index is -0.249. The smallest absolute Gasteiger partial charge is 0.0687 e. The van der Waals surface area contributed by atoms with E-state index in [0.717, 1.165) is 12.5 Å². The summed E-state index contributed by atoms with van der Waals surface area (Å²) in [5.74, 6) is 1.14. The van der Waals surface area contributed by atoms with E-state index in [2.05, 4.69) is 29.6 Å². The van der Waals surface area contributed by atoms with Gasteiger partial charge in [0, 0.05) is 13.1 Å². The largest absolute Gasteiger partial charge is 0.392 e. The normalized spacial score (nSPS) is 17.4. The summed E-state index contributed by atoms with van der Waals surface area (Å²) in [6, 6.07) is 8.82. The van der Waals surface area contributed by atoms with E-state index in [4.69, 9.17) is 0 Å². The van der Waals surface area contributed by atoms with Crippen LogP contribution in [0.15, 0.2) is 24.3 Å². The Labute approximate surface area is 104 Å². The van der Waals surface area contributed by atoms with E-state index in [1.165, 1.54) is 24.0 Å². The molecular formula is C15H23NO. The third kappa shape index (κ3) is 3.83. The van der Waals surface area contributed by atoms with Gasteiger partial charge in [-0.05, 0) is 35.8 Å². The van der Waals surface area contributed by atoms with Gasteiger partial charge >= 0.3 is 0 Å². The lowest BCUT2D eigenvalue weighted by Gasteiger charge is -2.15. The zero-order valence-electron chi connectivity index (χ0n) is 10.8. The number of aliphatic hydroxyl groups is 1. The molecule has 2 nitrogen and oxygen atoms in total. The van der Waals surface area contributed by atoms with Crippen molar-refractivity contribution in [2.75, 3.05) is 6.54 Å². The van der Waals surface area contributed by atoms with Gasteiger partial charge in [0.15, 0.2) is 0 Å². The summed E-state index contributed by atoms with van der Waals surface area (Å²) in [7, 11) is 0. The molecule has 0 aliphatic heterocycles. The van der Waals surface area contributed by atoms with E-state index in [0.29, 0.717) is 12.5 Å². The summed E-state index contributed by atoms with van der Waals surface area (Å²) in [6.45, 7) is 5.61. The first-order valence-electron chi connectivity index (χ1n) is 6.64. The molecule has 1 saturated carbocycles. The van der Waals surface area contributed by atoms with Gasteiger partial charge in [-0.1, -0.05) is 38.1 Å². The van der Waals surface area contributed by atoms with Crippen LogP contribution in [0.2, 0.25) is 0 Å². The van der Waals surface area contributed by atoms with Gasteiger partial charge in [-0.25, -0.2) is 0 Å². The van der Waals surface area contributed by atoms with Gasteiger partial charge in [0.05, 0.1) is 6.10 Å². The minimum Gasteiger partial charge on any atom is -0.392 e. The lowest BCUT2D eigenvalue weighted by Crippen LogP contribution is -2.30. The quantitative estimate of drug-likeness (QED) is 0.791. The first kappa shape index (κ1) is 12.6. The molecule has 94 valence electrons. The van der Waals surface area contributed by atoms with Crippen LogP contribution in [0.25, 0.3) is 0 Å². The predicted octanol–water partition coefficient (Wildman–Crippen LogP) is 2.67. The molecule has 1 unspecified atom stereocenters. The van der Waals surface area contributed by atoms with Crippen LogP contribution < -0.4 is 5.32 Å². The van der Waals surface area contributed by atoms with Crippen molar-refractivity contribution in [1.29, 1.82) is 0 Å². The SMILES string of the molecule is CC(C)C(O)CNCc1cccc(C2CC2)c1. The van der Waals surface area contributed by atoms with Crippen LogP contribution in [0, 0.1) is 5.92 Å². The van der Waals surface area contributed by atoms with Gasteiger partial charge in [0.1, 0.15) is 0 Å². The molecule has 2 N–H and O–H groups in total. The van der Waals surface area contributed by atoms with Crippen LogP contribution in [0.1, 0.15) is 43.7 Å². The highest BCUT2D eigenvalue weighted by molar-refractivity contribution is 5.29. The molecule has 17 heavy (non-hydrogen) atoms. The maximum atomic E-state index is 9.69. The number of aliphatic hydroxyl groups excluding tert-OH is 1. The molecule has 1 aliphatic rings. The highest BCUT2D eigenvalue weighted by Crippen LogP contribution is 2.40. The van der Waals surface area contributed by atoms with Crippen molar-refractivity contribution in [3.05, 3.63) is 35.4 Å². The molecule has 0 saturated heterocycles. The average Bonchev–Trinajstić information content (AvgIpc) is 3.13. The van der Waals surface area contributed by atoms with Crippen molar-refractivity contribution in [1.82, 2.24) is 5.32 Å². The molecule has 0 spiro atoms. The number of nitrogens with one attached hydrogen (secondary N) is 1. The fraction of sp³-hybridized carbons (Fsp3) is 0.600. The Bertz CT molecular complexity index is 358. The maximum Gasteiger partial charge on any atom is 0.0687 e. The van der Waals surface area contributed by atoms with Gasteiger partial charge < -0.3 is 10.4 Å². The summed E-state index contributed by atoms with van der Waals surface area (Å²) in [5, 5.41) is 13.0. The van der Waals surface area contributed by atoms with Crippen molar-refractivity contribution in [3.8, 4) is 0 Å². The molecule has 0 radical (unpaired) electrons. The standard InChI is InChI=1S/C15H23NO/c1-11(2)15(17)10-16-9-12-4-3-5-14(8-12)13-6-7-13/h3-5,8,11,13,15-17H,6-7,9-10H2,1-2H3. The fourth-order valence-electron chi connectivity index (χ4n) is 1.97. The summed E-state index contributed by atoms with van der Waals surface area (Å²) in [6.07, 6.45) is 2.45. The summed E-state index contributed by atoms with van der Waals surface area (Å²) in [4.78, 5) is 0. The second kappa shape index (κ2) is 5.65. The van der Waals surface area contributed by atoms with E-state index in [1.807, 2.05) is 13.8 Å². The van der Waals surface area contributed by atoms with Crippen molar-refractivity contribution < 1.29 is 5.11 Å². The highest BCUT2D eigenvalue weighted by Gasteiger charge is 2.23. The third-order valence-corrected chi connectivity index (χ3v) is 3.45. The van der Waals surface area contributed by atoms with Gasteiger partial charge in [-0.15, -0.1) is 0 Å². The number of hydrogen-bond donors (Lipinski definition) is 2. The second-order valence-electron chi connectivity index (χ2n) is 5.46. The maximum absolute atomic E-state index is 9.69. The van der Waals surface area contributed by atoms with Crippen LogP contribution in [-0.2, 0) is 6.54 Å². The first-order valence-corrected chi connectivity index (χ1v) is 6.64. The molecule has 0 aromatic heterocycles. The minimum absolute atomic E-state index is 0.249. The van der Waals surface area contributed by atoms with Crippen molar-refractivity contribution >= 4 is 0 Å². The molecule has 1 fully saturated rings. The predicted molar refractivity (Wildman–Crippen MR) is 71.0 cm³/mol. The average molecular weight is 233 g/mol. The molecular weight excluding hydrogens is 210 g/mol. The Morgan fingerprint density at radius 2 is 2.12 bits per heavy atom. The van der Waals surface area contributed by atoms with Crippen molar-refractivity contribution in [3.63, 3.8) is 0 Å². The van der Waals surface area contributed by atoms with E-state index in [1.54, 1.807) is 0 Å².